The van der Waals surface area contributed by atoms with Gasteiger partial charge in [0.05, 0.1) is 24.3 Å². The molecule has 0 unspecified atom stereocenters. The van der Waals surface area contributed by atoms with Crippen molar-refractivity contribution in [1.82, 2.24) is 24.4 Å². The van der Waals surface area contributed by atoms with Crippen molar-refractivity contribution in [2.24, 2.45) is 0 Å². The van der Waals surface area contributed by atoms with Gasteiger partial charge in [0.15, 0.2) is 5.65 Å². The first kappa shape index (κ1) is 19.4. The Balaban J connectivity index is 1.58. The Morgan fingerprint density at radius 2 is 1.93 bits per heavy atom. The Morgan fingerprint density at radius 3 is 2.69 bits per heavy atom. The highest BCUT2D eigenvalue weighted by atomic mass is 16.5. The van der Waals surface area contributed by atoms with Crippen molar-refractivity contribution in [2.45, 2.75) is 33.9 Å². The number of nitrogens with zero attached hydrogens (tertiary/aromatic N) is 5. The summed E-state index contributed by atoms with van der Waals surface area (Å²) >= 11 is 0. The summed E-state index contributed by atoms with van der Waals surface area (Å²) in [6.07, 6.45) is 0. The van der Waals surface area contributed by atoms with Crippen LogP contribution < -0.4 is 4.74 Å². The van der Waals surface area contributed by atoms with Crippen molar-refractivity contribution in [1.29, 1.82) is 0 Å². The van der Waals surface area contributed by atoms with Gasteiger partial charge >= 0.3 is 0 Å². The van der Waals surface area contributed by atoms with E-state index in [0.29, 0.717) is 31.0 Å². The van der Waals surface area contributed by atoms with Gasteiger partial charge in [-0.25, -0.2) is 9.50 Å². The maximum Gasteiger partial charge on any atom is 0.258 e. The average molecular weight is 393 g/mol. The molecule has 0 N–H and O–H groups in total. The highest BCUT2D eigenvalue weighted by Gasteiger charge is 2.31. The van der Waals surface area contributed by atoms with E-state index in [1.807, 2.05) is 54.7 Å². The Kier molecular flexibility index (Phi) is 5.00. The van der Waals surface area contributed by atoms with Crippen LogP contribution in [-0.4, -0.2) is 57.6 Å². The van der Waals surface area contributed by atoms with Crippen LogP contribution in [0.5, 0.6) is 5.75 Å². The number of benzene rings is 1. The Hall–Kier alpha value is -2.93. The third-order valence-electron chi connectivity index (χ3n) is 5.61. The van der Waals surface area contributed by atoms with Gasteiger partial charge in [0, 0.05) is 23.5 Å². The third-order valence-corrected chi connectivity index (χ3v) is 5.61. The van der Waals surface area contributed by atoms with Gasteiger partial charge in [0.1, 0.15) is 12.4 Å². The minimum Gasteiger partial charge on any atom is -0.491 e. The third kappa shape index (κ3) is 3.46. The maximum absolute atomic E-state index is 13.2. The minimum absolute atomic E-state index is 0.0397. The first-order valence-electron chi connectivity index (χ1n) is 9.87. The van der Waals surface area contributed by atoms with Crippen LogP contribution in [0.3, 0.4) is 0 Å². The highest BCUT2D eigenvalue weighted by molar-refractivity contribution is 5.97. The number of carbonyl (C=O) groups excluding carboxylic acids is 1. The fourth-order valence-corrected chi connectivity index (χ4v) is 3.64. The Labute approximate surface area is 170 Å². The SMILES string of the molecule is Cc1nc2c3c(nn2c(C)c1C)CN(C(=O)c1ccccc1OCCN(C)C)C3. The van der Waals surface area contributed by atoms with Crippen LogP contribution in [0.25, 0.3) is 5.65 Å². The maximum atomic E-state index is 13.2. The predicted molar refractivity (Wildman–Crippen MR) is 111 cm³/mol. The van der Waals surface area contributed by atoms with E-state index in [0.717, 1.165) is 40.4 Å². The van der Waals surface area contributed by atoms with Crippen molar-refractivity contribution in [2.75, 3.05) is 27.2 Å². The quantitative estimate of drug-likeness (QED) is 0.667. The van der Waals surface area contributed by atoms with Crippen LogP contribution in [0.4, 0.5) is 0 Å². The van der Waals surface area contributed by atoms with Crippen molar-refractivity contribution < 1.29 is 9.53 Å². The fraction of sp³-hybridized carbons (Fsp3) is 0.409. The molecule has 1 aromatic carbocycles. The van der Waals surface area contributed by atoms with Gasteiger partial charge in [-0.1, -0.05) is 12.1 Å². The number of amides is 1. The molecular weight excluding hydrogens is 366 g/mol. The molecular formula is C22H27N5O2. The standard InChI is InChI=1S/C22H27N5O2/c1-14-15(2)23-21-18-12-26(13-19(18)24-27(21)16(14)3)22(28)17-8-6-7-9-20(17)29-11-10-25(4)5/h6-9H,10-13H2,1-5H3. The molecule has 2 aromatic heterocycles. The van der Waals surface area contributed by atoms with Crippen LogP contribution in [-0.2, 0) is 13.1 Å². The average Bonchev–Trinajstić information content (AvgIpc) is 3.25. The zero-order chi connectivity index (χ0) is 20.7. The zero-order valence-corrected chi connectivity index (χ0v) is 17.7. The Morgan fingerprint density at radius 1 is 1.17 bits per heavy atom. The van der Waals surface area contributed by atoms with Crippen LogP contribution >= 0.6 is 0 Å². The van der Waals surface area contributed by atoms with Gasteiger partial charge in [-0.05, 0) is 52.6 Å². The minimum atomic E-state index is -0.0397. The molecule has 3 heterocycles. The summed E-state index contributed by atoms with van der Waals surface area (Å²) in [6, 6.07) is 7.44. The molecule has 152 valence electrons. The van der Waals surface area contributed by atoms with Crippen molar-refractivity contribution in [3.05, 3.63) is 58.0 Å². The Bertz CT molecular complexity index is 1090. The van der Waals surface area contributed by atoms with Crippen LogP contribution in [0, 0.1) is 20.8 Å². The monoisotopic (exact) mass is 393 g/mol. The summed E-state index contributed by atoms with van der Waals surface area (Å²) in [5.41, 5.74) is 6.65. The molecule has 4 rings (SSSR count). The van der Waals surface area contributed by atoms with Crippen LogP contribution in [0.2, 0.25) is 0 Å². The first-order chi connectivity index (χ1) is 13.9. The summed E-state index contributed by atoms with van der Waals surface area (Å²) < 4.78 is 7.79. The number of para-hydroxylation sites is 1. The number of fused-ring (bicyclic) bond motifs is 3. The second kappa shape index (κ2) is 7.48. The van der Waals surface area contributed by atoms with Gasteiger partial charge in [-0.15, -0.1) is 0 Å². The van der Waals surface area contributed by atoms with Gasteiger partial charge in [-0.3, -0.25) is 4.79 Å². The fourth-order valence-electron chi connectivity index (χ4n) is 3.64. The van der Waals surface area contributed by atoms with Gasteiger partial charge in [-0.2, -0.15) is 5.10 Å². The molecule has 0 spiro atoms. The lowest BCUT2D eigenvalue weighted by atomic mass is 10.1. The lowest BCUT2D eigenvalue weighted by Crippen LogP contribution is -2.27. The smallest absolute Gasteiger partial charge is 0.258 e. The van der Waals surface area contributed by atoms with E-state index in [2.05, 4.69) is 18.7 Å². The van der Waals surface area contributed by atoms with Crippen molar-refractivity contribution in [3.8, 4) is 5.75 Å². The predicted octanol–water partition coefficient (Wildman–Crippen LogP) is 2.75. The molecule has 7 nitrogen and oxygen atoms in total. The van der Waals surface area contributed by atoms with E-state index in [4.69, 9.17) is 14.8 Å². The number of aromatic nitrogens is 3. The normalized spacial score (nSPS) is 13.4. The van der Waals surface area contributed by atoms with Crippen LogP contribution in [0.1, 0.15) is 38.6 Å². The molecule has 29 heavy (non-hydrogen) atoms. The van der Waals surface area contributed by atoms with Gasteiger partial charge < -0.3 is 14.5 Å². The molecule has 7 heteroatoms. The molecule has 0 saturated heterocycles. The van der Waals surface area contributed by atoms with E-state index in [1.165, 1.54) is 0 Å². The lowest BCUT2D eigenvalue weighted by Gasteiger charge is -2.19. The van der Waals surface area contributed by atoms with E-state index < -0.39 is 0 Å². The molecule has 0 saturated carbocycles. The molecule has 3 aromatic rings. The summed E-state index contributed by atoms with van der Waals surface area (Å²) in [5, 5.41) is 4.74. The second-order valence-corrected chi connectivity index (χ2v) is 7.88. The highest BCUT2D eigenvalue weighted by Crippen LogP contribution is 2.30. The number of likely N-dealkylation sites (N-methyl/N-ethyl adjacent to an activating group) is 1. The molecule has 0 fully saturated rings. The zero-order valence-electron chi connectivity index (χ0n) is 17.7. The molecule has 0 radical (unpaired) electrons. The first-order valence-corrected chi connectivity index (χ1v) is 9.87. The number of rotatable bonds is 5. The molecule has 0 bridgehead atoms. The van der Waals surface area contributed by atoms with Crippen molar-refractivity contribution >= 4 is 11.6 Å². The van der Waals surface area contributed by atoms with E-state index >= 15 is 0 Å². The van der Waals surface area contributed by atoms with E-state index in [-0.39, 0.29) is 5.91 Å². The summed E-state index contributed by atoms with van der Waals surface area (Å²) in [7, 11) is 3.99. The topological polar surface area (TPSA) is 63.0 Å². The number of hydrogen-bond acceptors (Lipinski definition) is 5. The van der Waals surface area contributed by atoms with Crippen molar-refractivity contribution in [3.63, 3.8) is 0 Å². The molecule has 0 aliphatic carbocycles. The summed E-state index contributed by atoms with van der Waals surface area (Å²) in [5.74, 6) is 0.584. The largest absolute Gasteiger partial charge is 0.491 e. The second-order valence-electron chi connectivity index (χ2n) is 7.88. The summed E-state index contributed by atoms with van der Waals surface area (Å²) in [6.45, 7) is 8.46. The number of ether oxygens (including phenoxy) is 1. The van der Waals surface area contributed by atoms with Gasteiger partial charge in [0.25, 0.3) is 5.91 Å². The molecule has 1 aliphatic heterocycles. The summed E-state index contributed by atoms with van der Waals surface area (Å²) in [4.78, 5) is 21.8. The molecule has 1 aliphatic rings. The van der Waals surface area contributed by atoms with Gasteiger partial charge in [0.2, 0.25) is 0 Å². The lowest BCUT2D eigenvalue weighted by molar-refractivity contribution is 0.0745. The number of aryl methyl sites for hydroxylation is 2. The van der Waals surface area contributed by atoms with E-state index in [1.54, 1.807) is 0 Å². The van der Waals surface area contributed by atoms with E-state index in [9.17, 15) is 4.79 Å². The van der Waals surface area contributed by atoms with Crippen LogP contribution in [0.15, 0.2) is 24.3 Å². The molecule has 0 atom stereocenters. The molecule has 1 amide bonds. The number of carbonyl (C=O) groups is 1. The number of hydrogen-bond donors (Lipinski definition) is 0.